The van der Waals surface area contributed by atoms with Gasteiger partial charge in [-0.25, -0.2) is 4.79 Å². The zero-order valence-electron chi connectivity index (χ0n) is 11.1. The van der Waals surface area contributed by atoms with Gasteiger partial charge in [0.1, 0.15) is 0 Å². The molecule has 3 atom stereocenters. The molecule has 2 amide bonds. The average Bonchev–Trinajstić information content (AvgIpc) is 2.28. The molecule has 1 aliphatic heterocycles. The van der Waals surface area contributed by atoms with Gasteiger partial charge in [0, 0.05) is 41.9 Å². The molecule has 0 aliphatic carbocycles. The number of carbonyl (C=O) groups excluding carboxylic acids is 1. The minimum atomic E-state index is -0.800. The van der Waals surface area contributed by atoms with Crippen LogP contribution in [-0.4, -0.2) is 46.3 Å². The van der Waals surface area contributed by atoms with Crippen LogP contribution < -0.4 is 5.32 Å². The molecule has 3 unspecified atom stereocenters. The Balaban J connectivity index is 2.22. The number of nitrogens with zero attached hydrogens (tertiary/aromatic N) is 1. The summed E-state index contributed by atoms with van der Waals surface area (Å²) in [5, 5.41) is 3.06. The van der Waals surface area contributed by atoms with Gasteiger partial charge in [-0.2, -0.15) is 0 Å². The first-order valence-electron chi connectivity index (χ1n) is 6.35. The molecule has 0 saturated carbocycles. The van der Waals surface area contributed by atoms with Crippen LogP contribution in [0.1, 0.15) is 33.1 Å². The third kappa shape index (κ3) is 5.06. The smallest absolute Gasteiger partial charge is 0.317 e. The average molecular weight is 260 g/mol. The Morgan fingerprint density at radius 2 is 2.29 bits per heavy atom. The summed E-state index contributed by atoms with van der Waals surface area (Å²) >= 11 is 0. The molecule has 0 aromatic heterocycles. The lowest BCUT2D eigenvalue weighted by Crippen LogP contribution is -2.45. The van der Waals surface area contributed by atoms with E-state index in [0.717, 1.165) is 25.9 Å². The van der Waals surface area contributed by atoms with Crippen LogP contribution in [0.2, 0.25) is 0 Å². The van der Waals surface area contributed by atoms with Crippen molar-refractivity contribution in [3.63, 3.8) is 0 Å². The number of urea groups is 1. The van der Waals surface area contributed by atoms with Gasteiger partial charge in [-0.05, 0) is 25.2 Å². The van der Waals surface area contributed by atoms with E-state index in [1.165, 1.54) is 6.42 Å². The number of nitrogens with one attached hydrogen (secondary N) is 1. The maximum atomic E-state index is 11.8. The van der Waals surface area contributed by atoms with E-state index < -0.39 is 10.8 Å². The van der Waals surface area contributed by atoms with Crippen LogP contribution in [0, 0.1) is 5.92 Å². The van der Waals surface area contributed by atoms with E-state index in [-0.39, 0.29) is 11.3 Å². The van der Waals surface area contributed by atoms with E-state index in [1.54, 1.807) is 6.26 Å². The molecule has 5 heteroatoms. The molecule has 1 rings (SSSR count). The van der Waals surface area contributed by atoms with Crippen molar-refractivity contribution in [2.24, 2.45) is 5.92 Å². The topological polar surface area (TPSA) is 49.4 Å². The number of hydrogen-bond donors (Lipinski definition) is 1. The summed E-state index contributed by atoms with van der Waals surface area (Å²) < 4.78 is 11.2. The molecular formula is C12H24N2O2S. The second-order valence-corrected chi connectivity index (χ2v) is 6.83. The molecule has 100 valence electrons. The molecule has 17 heavy (non-hydrogen) atoms. The van der Waals surface area contributed by atoms with Crippen LogP contribution in [0.25, 0.3) is 0 Å². The number of hydrogen-bond acceptors (Lipinski definition) is 2. The summed E-state index contributed by atoms with van der Waals surface area (Å²) in [6.45, 7) is 6.48. The number of piperidine rings is 1. The molecule has 0 aromatic carbocycles. The van der Waals surface area contributed by atoms with E-state index in [1.807, 2.05) is 11.8 Å². The number of amides is 2. The quantitative estimate of drug-likeness (QED) is 0.834. The molecule has 0 radical (unpaired) electrons. The highest BCUT2D eigenvalue weighted by Gasteiger charge is 2.20. The molecule has 1 heterocycles. The fourth-order valence-corrected chi connectivity index (χ4v) is 2.48. The second kappa shape index (κ2) is 6.99. The Morgan fingerprint density at radius 1 is 1.59 bits per heavy atom. The molecule has 1 aliphatic rings. The van der Waals surface area contributed by atoms with E-state index in [9.17, 15) is 9.00 Å². The van der Waals surface area contributed by atoms with Crippen LogP contribution in [0.15, 0.2) is 0 Å². The maximum absolute atomic E-state index is 11.8. The van der Waals surface area contributed by atoms with Crippen molar-refractivity contribution in [3.05, 3.63) is 0 Å². The van der Waals surface area contributed by atoms with Gasteiger partial charge in [0.15, 0.2) is 0 Å². The van der Waals surface area contributed by atoms with E-state index in [4.69, 9.17) is 0 Å². The van der Waals surface area contributed by atoms with Crippen LogP contribution in [0.5, 0.6) is 0 Å². The predicted octanol–water partition coefficient (Wildman–Crippen LogP) is 1.58. The van der Waals surface area contributed by atoms with Crippen molar-refractivity contribution in [2.45, 2.75) is 38.4 Å². The highest BCUT2D eigenvalue weighted by atomic mass is 32.2. The Labute approximate surface area is 107 Å². The first-order valence-corrected chi connectivity index (χ1v) is 7.98. The highest BCUT2D eigenvalue weighted by molar-refractivity contribution is 7.84. The fourth-order valence-electron chi connectivity index (χ4n) is 2.03. The SMILES string of the molecule is CC1CCCN(C(=O)NCCC(C)S(C)=O)C1. The summed E-state index contributed by atoms with van der Waals surface area (Å²) in [7, 11) is -0.800. The maximum Gasteiger partial charge on any atom is 0.317 e. The van der Waals surface area contributed by atoms with Gasteiger partial charge in [-0.3, -0.25) is 4.21 Å². The van der Waals surface area contributed by atoms with E-state index in [0.29, 0.717) is 12.5 Å². The Hall–Kier alpha value is -0.580. The zero-order valence-corrected chi connectivity index (χ0v) is 11.9. The van der Waals surface area contributed by atoms with Gasteiger partial charge in [0.25, 0.3) is 0 Å². The van der Waals surface area contributed by atoms with Gasteiger partial charge < -0.3 is 10.2 Å². The molecule has 0 spiro atoms. The highest BCUT2D eigenvalue weighted by Crippen LogP contribution is 2.15. The summed E-state index contributed by atoms with van der Waals surface area (Å²) in [6, 6.07) is 0.0330. The van der Waals surface area contributed by atoms with Crippen LogP contribution in [-0.2, 0) is 10.8 Å². The molecule has 1 fully saturated rings. The van der Waals surface area contributed by atoms with Crippen molar-refractivity contribution >= 4 is 16.8 Å². The van der Waals surface area contributed by atoms with Gasteiger partial charge in [-0.1, -0.05) is 13.8 Å². The van der Waals surface area contributed by atoms with Crippen LogP contribution in [0.3, 0.4) is 0 Å². The van der Waals surface area contributed by atoms with Crippen molar-refractivity contribution < 1.29 is 9.00 Å². The van der Waals surface area contributed by atoms with Gasteiger partial charge >= 0.3 is 6.03 Å². The van der Waals surface area contributed by atoms with Crippen molar-refractivity contribution in [2.75, 3.05) is 25.9 Å². The number of carbonyl (C=O) groups is 1. The molecular weight excluding hydrogens is 236 g/mol. The standard InChI is InChI=1S/C12H24N2O2S/c1-10-5-4-8-14(9-10)12(15)13-7-6-11(2)17(3)16/h10-11H,4-9H2,1-3H3,(H,13,15). The normalized spacial score (nSPS) is 24.2. The zero-order chi connectivity index (χ0) is 12.8. The molecule has 1 saturated heterocycles. The summed E-state index contributed by atoms with van der Waals surface area (Å²) in [5.74, 6) is 0.608. The molecule has 4 nitrogen and oxygen atoms in total. The lowest BCUT2D eigenvalue weighted by atomic mass is 10.0. The monoisotopic (exact) mass is 260 g/mol. The van der Waals surface area contributed by atoms with Crippen molar-refractivity contribution in [1.82, 2.24) is 10.2 Å². The van der Waals surface area contributed by atoms with Gasteiger partial charge in [0.2, 0.25) is 0 Å². The number of rotatable bonds is 4. The van der Waals surface area contributed by atoms with Gasteiger partial charge in [0.05, 0.1) is 0 Å². The predicted molar refractivity (Wildman–Crippen MR) is 71.5 cm³/mol. The lowest BCUT2D eigenvalue weighted by Gasteiger charge is -2.31. The Kier molecular flexibility index (Phi) is 5.95. The molecule has 1 N–H and O–H groups in total. The van der Waals surface area contributed by atoms with Crippen molar-refractivity contribution in [1.29, 1.82) is 0 Å². The summed E-state index contributed by atoms with van der Waals surface area (Å²) in [6.07, 6.45) is 4.80. The summed E-state index contributed by atoms with van der Waals surface area (Å²) in [4.78, 5) is 13.7. The minimum Gasteiger partial charge on any atom is -0.338 e. The van der Waals surface area contributed by atoms with Crippen molar-refractivity contribution in [3.8, 4) is 0 Å². The first-order chi connectivity index (χ1) is 8.00. The third-order valence-corrected chi connectivity index (χ3v) is 4.71. The molecule has 0 aromatic rings. The van der Waals surface area contributed by atoms with Gasteiger partial charge in [-0.15, -0.1) is 0 Å². The second-order valence-electron chi connectivity index (χ2n) is 5.02. The van der Waals surface area contributed by atoms with E-state index in [2.05, 4.69) is 12.2 Å². The fraction of sp³-hybridized carbons (Fsp3) is 0.917. The Morgan fingerprint density at radius 3 is 2.88 bits per heavy atom. The van der Waals surface area contributed by atoms with Crippen LogP contribution in [0.4, 0.5) is 4.79 Å². The Bertz CT molecular complexity index is 284. The minimum absolute atomic E-state index is 0.0330. The van der Waals surface area contributed by atoms with E-state index >= 15 is 0 Å². The lowest BCUT2D eigenvalue weighted by molar-refractivity contribution is 0.170. The largest absolute Gasteiger partial charge is 0.338 e. The molecule has 0 bridgehead atoms. The summed E-state index contributed by atoms with van der Waals surface area (Å²) in [5.41, 5.74) is 0. The first kappa shape index (κ1) is 14.5. The number of likely N-dealkylation sites (tertiary alicyclic amines) is 1. The third-order valence-electron chi connectivity index (χ3n) is 3.34. The van der Waals surface area contributed by atoms with Crippen LogP contribution >= 0.6 is 0 Å².